The van der Waals surface area contributed by atoms with Crippen LogP contribution in [-0.4, -0.2) is 94.7 Å². The number of aromatic nitrogens is 10. The minimum Gasteiger partial charge on any atom is -0.480 e. The lowest BCUT2D eigenvalue weighted by Gasteiger charge is -2.29. The molecule has 10 rings (SSSR count). The summed E-state index contributed by atoms with van der Waals surface area (Å²) in [7, 11) is 1.47. The number of H-pyrrole nitrogens is 1. The third kappa shape index (κ3) is 9.14. The van der Waals surface area contributed by atoms with Crippen molar-refractivity contribution in [2.45, 2.75) is 39.3 Å². The Morgan fingerprint density at radius 1 is 0.954 bits per heavy atom. The zero-order valence-electron chi connectivity index (χ0n) is 36.2. The molecule has 9 aromatic rings. The van der Waals surface area contributed by atoms with Crippen LogP contribution in [0.25, 0.3) is 55.6 Å². The maximum Gasteiger partial charge on any atom is 0.233 e. The van der Waals surface area contributed by atoms with Crippen LogP contribution in [0, 0.1) is 12.7 Å². The Morgan fingerprint density at radius 2 is 1.80 bits per heavy atom. The van der Waals surface area contributed by atoms with E-state index in [2.05, 4.69) is 94.2 Å². The Bertz CT molecular complexity index is 3120. The molecular weight excluding hydrogens is 847 g/mol. The number of halogens is 2. The van der Waals surface area contributed by atoms with Gasteiger partial charge < -0.3 is 34.3 Å². The van der Waals surface area contributed by atoms with Crippen molar-refractivity contribution in [1.29, 1.82) is 0 Å². The van der Waals surface area contributed by atoms with Gasteiger partial charge in [-0.3, -0.25) is 4.98 Å². The molecule has 1 saturated heterocycles. The van der Waals surface area contributed by atoms with E-state index in [1.54, 1.807) is 18.3 Å². The van der Waals surface area contributed by atoms with Crippen molar-refractivity contribution >= 4 is 56.1 Å². The van der Waals surface area contributed by atoms with E-state index in [1.807, 2.05) is 43.7 Å². The van der Waals surface area contributed by atoms with Crippen LogP contribution in [0.5, 0.6) is 5.88 Å². The number of pyridine rings is 1. The lowest BCUT2D eigenvalue weighted by molar-refractivity contribution is 0.122. The number of aromatic amines is 1. The number of hydrogen-bond acceptors (Lipinski definition) is 13. The number of aliphatic hydroxyl groups excluding tert-OH is 1. The third-order valence-corrected chi connectivity index (χ3v) is 11.6. The lowest BCUT2D eigenvalue weighted by Crippen LogP contribution is -2.36. The molecule has 0 aliphatic carbocycles. The zero-order chi connectivity index (χ0) is 45.0. The number of anilines is 2. The highest BCUT2D eigenvalue weighted by atomic mass is 35.5. The summed E-state index contributed by atoms with van der Waals surface area (Å²) in [4.78, 5) is 32.9. The van der Waals surface area contributed by atoms with E-state index in [9.17, 15) is 5.11 Å². The predicted octanol–water partition coefficient (Wildman–Crippen LogP) is 8.72. The highest BCUT2D eigenvalue weighted by Gasteiger charge is 2.22. The monoisotopic (exact) mass is 892 g/mol. The van der Waals surface area contributed by atoms with E-state index in [0.717, 1.165) is 65.4 Å². The second-order valence-electron chi connectivity index (χ2n) is 15.9. The van der Waals surface area contributed by atoms with Crippen LogP contribution in [0.4, 0.5) is 15.9 Å². The summed E-state index contributed by atoms with van der Waals surface area (Å²) >= 11 is 6.30. The molecule has 1 aliphatic heterocycles. The number of aryl methyl sites for hydroxylation is 1. The molecule has 7 heterocycles. The van der Waals surface area contributed by atoms with Gasteiger partial charge >= 0.3 is 0 Å². The van der Waals surface area contributed by atoms with E-state index < -0.39 is 11.9 Å². The smallest absolute Gasteiger partial charge is 0.233 e. The van der Waals surface area contributed by atoms with Gasteiger partial charge in [-0.1, -0.05) is 29.8 Å². The van der Waals surface area contributed by atoms with Gasteiger partial charge in [0.05, 0.1) is 43.6 Å². The van der Waals surface area contributed by atoms with Crippen LogP contribution in [0.15, 0.2) is 104 Å². The first kappa shape index (κ1) is 43.1. The third-order valence-electron chi connectivity index (χ3n) is 11.3. The fourth-order valence-electron chi connectivity index (χ4n) is 7.86. The number of rotatable bonds is 11. The SMILES string of the molecule is COc1ccc([C@@H](O)c2cc(-c3ncnc4cc(N5CCOCC5)ccc34)c(F)cc2Cl)nn1.Cc1cncc(-c2nc(NCCc3c[nH]c4ccccc34)c3ncn(C(C)C)c3n2)c1. The Balaban J connectivity index is 0.000000165. The first-order chi connectivity index (χ1) is 31.6. The van der Waals surface area contributed by atoms with Gasteiger partial charge in [0.15, 0.2) is 17.3 Å². The van der Waals surface area contributed by atoms with Crippen LogP contribution in [0.1, 0.15) is 48.4 Å². The number of para-hydroxylation sites is 1. The fraction of sp³-hybridized carbons (Fsp3) is 0.250. The van der Waals surface area contributed by atoms with Crippen molar-refractivity contribution in [1.82, 2.24) is 49.7 Å². The van der Waals surface area contributed by atoms with Crippen molar-refractivity contribution < 1.29 is 19.0 Å². The summed E-state index contributed by atoms with van der Waals surface area (Å²) in [5.74, 6) is 1.16. The molecule has 0 unspecified atom stereocenters. The van der Waals surface area contributed by atoms with Gasteiger partial charge in [-0.25, -0.2) is 29.3 Å². The first-order valence-electron chi connectivity index (χ1n) is 21.2. The molecule has 0 radical (unpaired) electrons. The van der Waals surface area contributed by atoms with Crippen LogP contribution in [0.3, 0.4) is 0 Å². The van der Waals surface area contributed by atoms with Crippen LogP contribution in [0.2, 0.25) is 5.02 Å². The average molecular weight is 893 g/mol. The van der Waals surface area contributed by atoms with Gasteiger partial charge in [-0.2, -0.15) is 0 Å². The number of fused-ring (bicyclic) bond motifs is 3. The molecule has 0 bridgehead atoms. The summed E-state index contributed by atoms with van der Waals surface area (Å²) < 4.78 is 27.6. The number of ether oxygens (including phenoxy) is 2. The number of aliphatic hydroxyl groups is 1. The molecule has 3 aromatic carbocycles. The maximum atomic E-state index is 15.1. The Labute approximate surface area is 378 Å². The van der Waals surface area contributed by atoms with Crippen LogP contribution < -0.4 is 15.0 Å². The summed E-state index contributed by atoms with van der Waals surface area (Å²) in [6.45, 7) is 9.96. The first-order valence-corrected chi connectivity index (χ1v) is 21.6. The van der Waals surface area contributed by atoms with Gasteiger partial charge in [0.25, 0.3) is 0 Å². The topological polar surface area (TPSA) is 178 Å². The van der Waals surface area contributed by atoms with Crippen LogP contribution in [-0.2, 0) is 11.2 Å². The summed E-state index contributed by atoms with van der Waals surface area (Å²) in [6, 6.07) is 22.3. The number of methoxy groups -OCH3 is 1. The molecule has 65 heavy (non-hydrogen) atoms. The molecule has 6 aromatic heterocycles. The molecular formula is C48H46ClFN12O3. The standard InChI is InChI=1S/C24H21ClFN5O3.C24H25N7/c1-33-22-5-4-20(29-30-22)24(32)16-11-17(19(26)12-18(16)25)23-15-3-2-14(10-21(15)27-13-28-23)31-6-8-34-9-7-31;1-15(2)31-14-28-21-23(26-9-8-17-13-27-20-7-5-4-6-19(17)20)29-22(30-24(21)31)18-10-16(3)11-25-12-18/h2-5,10-13,24,32H,6-9H2,1H3;4-7,10-15,27H,8-9H2,1-3H3,(H,26,29,30)/t24-;/m0./s1. The van der Waals surface area contributed by atoms with E-state index >= 15 is 4.39 Å². The molecule has 1 atom stereocenters. The van der Waals surface area contributed by atoms with E-state index in [1.165, 1.54) is 36.5 Å². The molecule has 15 nitrogen and oxygen atoms in total. The maximum absolute atomic E-state index is 15.1. The number of morpholine rings is 1. The second-order valence-corrected chi connectivity index (χ2v) is 16.3. The van der Waals surface area contributed by atoms with E-state index in [-0.39, 0.29) is 27.9 Å². The Hall–Kier alpha value is -7.14. The van der Waals surface area contributed by atoms with Crippen molar-refractivity contribution in [3.05, 3.63) is 137 Å². The number of benzene rings is 3. The Kier molecular flexibility index (Phi) is 12.5. The minimum absolute atomic E-state index is 0.0688. The Morgan fingerprint density at radius 3 is 2.58 bits per heavy atom. The molecule has 0 spiro atoms. The van der Waals surface area contributed by atoms with E-state index in [4.69, 9.17) is 31.0 Å². The number of nitrogens with one attached hydrogen (secondary N) is 2. The summed E-state index contributed by atoms with van der Waals surface area (Å²) in [5.41, 5.74) is 8.89. The predicted molar refractivity (Wildman–Crippen MR) is 250 cm³/mol. The van der Waals surface area contributed by atoms with Crippen LogP contribution >= 0.6 is 11.6 Å². The van der Waals surface area contributed by atoms with Gasteiger partial charge in [-0.15, -0.1) is 10.2 Å². The highest BCUT2D eigenvalue weighted by molar-refractivity contribution is 6.31. The van der Waals surface area contributed by atoms with Crippen molar-refractivity contribution in [2.24, 2.45) is 0 Å². The summed E-state index contributed by atoms with van der Waals surface area (Å²) in [5, 5.41) is 24.3. The van der Waals surface area contributed by atoms with Gasteiger partial charge in [-0.05, 0) is 86.8 Å². The quantitative estimate of drug-likeness (QED) is 0.112. The normalized spacial score (nSPS) is 13.3. The summed E-state index contributed by atoms with van der Waals surface area (Å²) in [6.07, 6.45) is 8.63. The highest BCUT2D eigenvalue weighted by Crippen LogP contribution is 2.36. The zero-order valence-corrected chi connectivity index (χ0v) is 37.0. The van der Waals surface area contributed by atoms with Gasteiger partial charge in [0.1, 0.15) is 23.8 Å². The van der Waals surface area contributed by atoms with Crippen molar-refractivity contribution in [3.63, 3.8) is 0 Å². The van der Waals surface area contributed by atoms with Gasteiger partial charge in [0, 0.05) is 94.0 Å². The lowest BCUT2D eigenvalue weighted by atomic mass is 9.99. The molecule has 0 amide bonds. The van der Waals surface area contributed by atoms with Gasteiger partial charge in [0.2, 0.25) is 5.88 Å². The molecule has 0 saturated carbocycles. The molecule has 3 N–H and O–H groups in total. The number of nitrogens with zero attached hydrogens (tertiary/aromatic N) is 10. The average Bonchev–Trinajstić information content (AvgIpc) is 3.97. The van der Waals surface area contributed by atoms with E-state index in [0.29, 0.717) is 41.5 Å². The molecule has 1 aliphatic rings. The fourth-order valence-corrected chi connectivity index (χ4v) is 8.11. The van der Waals surface area contributed by atoms with Crippen molar-refractivity contribution in [3.8, 4) is 28.5 Å². The molecule has 1 fully saturated rings. The number of imidazole rings is 1. The van der Waals surface area contributed by atoms with Crippen molar-refractivity contribution in [2.75, 3.05) is 50.2 Å². The molecule has 17 heteroatoms. The second kappa shape index (κ2) is 18.9. The number of hydrogen-bond donors (Lipinski definition) is 3. The molecule has 330 valence electrons. The minimum atomic E-state index is -1.22. The largest absolute Gasteiger partial charge is 0.480 e.